The molecule has 13 heteroatoms. The van der Waals surface area contributed by atoms with E-state index in [1.807, 2.05) is 31.2 Å². The second-order valence-corrected chi connectivity index (χ2v) is 10.8. The van der Waals surface area contributed by atoms with Crippen LogP contribution in [0.15, 0.2) is 70.0 Å². The Morgan fingerprint density at radius 1 is 1.10 bits per heavy atom. The lowest BCUT2D eigenvalue weighted by Crippen LogP contribution is -2.43. The van der Waals surface area contributed by atoms with Gasteiger partial charge in [-0.2, -0.15) is 10.2 Å². The van der Waals surface area contributed by atoms with Gasteiger partial charge in [0.05, 0.1) is 52.5 Å². The normalized spacial score (nSPS) is 20.5. The first-order valence-electron chi connectivity index (χ1n) is 13.0. The van der Waals surface area contributed by atoms with Gasteiger partial charge in [-0.05, 0) is 36.6 Å². The van der Waals surface area contributed by atoms with Gasteiger partial charge in [0.2, 0.25) is 5.91 Å². The first-order valence-corrected chi connectivity index (χ1v) is 13.7. The second kappa shape index (κ2) is 11.0. The number of nitrogens with one attached hydrogen (secondary N) is 1. The molecule has 6 rings (SSSR count). The maximum atomic E-state index is 15.4. The summed E-state index contributed by atoms with van der Waals surface area (Å²) >= 11 is 12.0. The van der Waals surface area contributed by atoms with Gasteiger partial charge < -0.3 is 5.32 Å². The van der Waals surface area contributed by atoms with Crippen molar-refractivity contribution in [1.29, 1.82) is 0 Å². The van der Waals surface area contributed by atoms with E-state index in [1.54, 1.807) is 12.3 Å². The van der Waals surface area contributed by atoms with Gasteiger partial charge in [0, 0.05) is 17.5 Å². The molecule has 2 aromatic heterocycles. The van der Waals surface area contributed by atoms with Crippen LogP contribution in [0.5, 0.6) is 0 Å². The van der Waals surface area contributed by atoms with E-state index in [1.165, 1.54) is 33.9 Å². The maximum Gasteiger partial charge on any atom is 0.254 e. The number of nitrogens with zero attached hydrogens (tertiary/aromatic N) is 7. The zero-order valence-corrected chi connectivity index (χ0v) is 23.2. The second-order valence-electron chi connectivity index (χ2n) is 9.97. The highest BCUT2D eigenvalue weighted by Crippen LogP contribution is 2.33. The SMILES string of the molecule is C[C@@H]1CCC[C@H](n2cnc(-c3c(-n4cc(Cl)nn4)ccc(Cl)c3F)cc2=O)c2cccc(c2)C2=NN=CC2NC1=O. The maximum absolute atomic E-state index is 15.4. The Hall–Kier alpha value is -4.22. The summed E-state index contributed by atoms with van der Waals surface area (Å²) in [7, 11) is 0. The van der Waals surface area contributed by atoms with E-state index in [2.05, 4.69) is 30.8 Å². The number of amides is 1. The Labute approximate surface area is 243 Å². The smallest absolute Gasteiger partial charge is 0.254 e. The Morgan fingerprint density at radius 2 is 1.95 bits per heavy atom. The third-order valence-electron chi connectivity index (χ3n) is 7.32. The van der Waals surface area contributed by atoms with Gasteiger partial charge in [0.25, 0.3) is 5.56 Å². The summed E-state index contributed by atoms with van der Waals surface area (Å²) in [6, 6.07) is 11.1. The molecule has 0 spiro atoms. The van der Waals surface area contributed by atoms with E-state index < -0.39 is 17.9 Å². The van der Waals surface area contributed by atoms with E-state index in [0.717, 1.165) is 11.1 Å². The number of carbonyl (C=O) groups excluding carboxylic acids is 1. The van der Waals surface area contributed by atoms with Crippen LogP contribution in [0.3, 0.4) is 0 Å². The Balaban J connectivity index is 1.43. The van der Waals surface area contributed by atoms with Crippen LogP contribution in [0.25, 0.3) is 16.9 Å². The van der Waals surface area contributed by atoms with Crippen molar-refractivity contribution in [3.05, 3.63) is 92.5 Å². The standard InChI is InChI=1S/C28H23Cl2FN8O2/c1-15-4-2-7-21(16-5-3-6-17(10-16)27-20(12-33-36-27)34-28(15)41)38-14-32-19(11-24(38)40)25-22(9-8-18(29)26(25)31)39-13-23(30)35-37-39/h3,5-6,8-15,20-21H,2,4,7H2,1H3,(H,34,41)/t15-,20?,21+/m1/s1. The molecule has 2 bridgehead atoms. The van der Waals surface area contributed by atoms with Crippen molar-refractivity contribution in [2.24, 2.45) is 16.1 Å². The minimum atomic E-state index is -0.750. The fourth-order valence-electron chi connectivity index (χ4n) is 5.17. The molecule has 0 radical (unpaired) electrons. The first kappa shape index (κ1) is 27.0. The summed E-state index contributed by atoms with van der Waals surface area (Å²) < 4.78 is 18.2. The van der Waals surface area contributed by atoms with E-state index in [9.17, 15) is 9.59 Å². The van der Waals surface area contributed by atoms with Gasteiger partial charge >= 0.3 is 0 Å². The van der Waals surface area contributed by atoms with Crippen molar-refractivity contribution in [1.82, 2.24) is 29.9 Å². The van der Waals surface area contributed by atoms with Crippen LogP contribution < -0.4 is 10.9 Å². The molecule has 0 fully saturated rings. The zero-order valence-electron chi connectivity index (χ0n) is 21.7. The van der Waals surface area contributed by atoms with Gasteiger partial charge in [-0.3, -0.25) is 14.2 Å². The van der Waals surface area contributed by atoms with Gasteiger partial charge in [0.15, 0.2) is 11.0 Å². The van der Waals surface area contributed by atoms with Gasteiger partial charge in [-0.1, -0.05) is 60.0 Å². The zero-order chi connectivity index (χ0) is 28.7. The van der Waals surface area contributed by atoms with Crippen LogP contribution in [0.1, 0.15) is 43.4 Å². The summed E-state index contributed by atoms with van der Waals surface area (Å²) in [6.07, 6.45) is 6.31. The van der Waals surface area contributed by atoms with Crippen molar-refractivity contribution in [2.75, 3.05) is 0 Å². The van der Waals surface area contributed by atoms with Crippen molar-refractivity contribution in [3.63, 3.8) is 0 Å². The third kappa shape index (κ3) is 5.18. The molecule has 0 saturated heterocycles. The Bertz CT molecular complexity index is 1780. The highest BCUT2D eigenvalue weighted by molar-refractivity contribution is 6.31. The van der Waals surface area contributed by atoms with Crippen molar-refractivity contribution in [2.45, 2.75) is 38.3 Å². The molecule has 1 N–H and O–H groups in total. The lowest BCUT2D eigenvalue weighted by molar-refractivity contribution is -0.124. The molecule has 1 amide bonds. The predicted molar refractivity (Wildman–Crippen MR) is 153 cm³/mol. The number of halogens is 3. The van der Waals surface area contributed by atoms with Crippen LogP contribution in [0.4, 0.5) is 4.39 Å². The molecule has 2 aromatic carbocycles. The molecule has 2 aliphatic rings. The first-order chi connectivity index (χ1) is 19.8. The number of hydrogen-bond donors (Lipinski definition) is 1. The lowest BCUT2D eigenvalue weighted by Gasteiger charge is -2.24. The van der Waals surface area contributed by atoms with Gasteiger partial charge in [0.1, 0.15) is 6.04 Å². The summed E-state index contributed by atoms with van der Waals surface area (Å²) in [4.78, 5) is 30.9. The number of hydrogen-bond acceptors (Lipinski definition) is 7. The van der Waals surface area contributed by atoms with E-state index in [4.69, 9.17) is 23.2 Å². The fraction of sp³-hybridized carbons (Fsp3) is 0.250. The van der Waals surface area contributed by atoms with Crippen LogP contribution in [-0.4, -0.2) is 48.4 Å². The van der Waals surface area contributed by atoms with Crippen LogP contribution in [0.2, 0.25) is 10.2 Å². The lowest BCUT2D eigenvalue weighted by atomic mass is 9.92. The quantitative estimate of drug-likeness (QED) is 0.372. The summed E-state index contributed by atoms with van der Waals surface area (Å²) in [5.74, 6) is -1.07. The molecule has 3 atom stereocenters. The summed E-state index contributed by atoms with van der Waals surface area (Å²) in [5, 5.41) is 19.0. The van der Waals surface area contributed by atoms with Gasteiger partial charge in [-0.15, -0.1) is 5.10 Å². The number of aromatic nitrogens is 5. The van der Waals surface area contributed by atoms with Crippen LogP contribution >= 0.6 is 23.2 Å². The van der Waals surface area contributed by atoms with Crippen molar-refractivity contribution in [3.8, 4) is 16.9 Å². The summed E-state index contributed by atoms with van der Waals surface area (Å²) in [6.45, 7) is 1.88. The molecule has 2 aliphatic heterocycles. The molecular weight excluding hydrogens is 570 g/mol. The molecule has 41 heavy (non-hydrogen) atoms. The Morgan fingerprint density at radius 3 is 2.73 bits per heavy atom. The molecular formula is C28H23Cl2FN8O2. The number of fused-ring (bicyclic) bond motifs is 4. The van der Waals surface area contributed by atoms with E-state index >= 15 is 4.39 Å². The van der Waals surface area contributed by atoms with E-state index in [-0.39, 0.29) is 44.5 Å². The van der Waals surface area contributed by atoms with Gasteiger partial charge in [-0.25, -0.2) is 14.1 Å². The minimum absolute atomic E-state index is 0.00544. The average Bonchev–Trinajstić information content (AvgIpc) is 3.61. The number of rotatable bonds is 3. The topological polar surface area (TPSA) is 119 Å². The average molecular weight is 593 g/mol. The highest BCUT2D eigenvalue weighted by atomic mass is 35.5. The van der Waals surface area contributed by atoms with Crippen molar-refractivity contribution < 1.29 is 9.18 Å². The predicted octanol–water partition coefficient (Wildman–Crippen LogP) is 4.62. The van der Waals surface area contributed by atoms with Crippen LogP contribution in [-0.2, 0) is 4.79 Å². The van der Waals surface area contributed by atoms with Crippen LogP contribution in [0, 0.1) is 11.7 Å². The largest absolute Gasteiger partial charge is 0.342 e. The minimum Gasteiger partial charge on any atom is -0.342 e. The number of carbonyl (C=O) groups is 1. The highest BCUT2D eigenvalue weighted by Gasteiger charge is 2.27. The van der Waals surface area contributed by atoms with Crippen molar-refractivity contribution >= 4 is 41.0 Å². The van der Waals surface area contributed by atoms with E-state index in [0.29, 0.717) is 25.0 Å². The fourth-order valence-corrected chi connectivity index (χ4v) is 5.45. The molecule has 0 aliphatic carbocycles. The molecule has 208 valence electrons. The molecule has 10 nitrogen and oxygen atoms in total. The summed E-state index contributed by atoms with van der Waals surface area (Å²) in [5.41, 5.74) is 2.26. The molecule has 4 heterocycles. The molecule has 0 saturated carbocycles. The molecule has 4 aromatic rings. The molecule has 1 unspecified atom stereocenters. The third-order valence-corrected chi connectivity index (χ3v) is 7.78. The number of benzene rings is 2. The monoisotopic (exact) mass is 592 g/mol. The Kier molecular flexibility index (Phi) is 7.22.